The van der Waals surface area contributed by atoms with E-state index in [4.69, 9.17) is 4.98 Å². The number of fused-ring (bicyclic) bond motifs is 3. The van der Waals surface area contributed by atoms with E-state index in [2.05, 4.69) is 50.1 Å². The number of halogens is 1. The van der Waals surface area contributed by atoms with Crippen molar-refractivity contribution in [2.75, 3.05) is 0 Å². The summed E-state index contributed by atoms with van der Waals surface area (Å²) in [5.74, 6) is 0.856. The Bertz CT molecular complexity index is 1330. The number of rotatable bonds is 4. The zero-order chi connectivity index (χ0) is 20.1. The van der Waals surface area contributed by atoms with E-state index in [0.29, 0.717) is 6.54 Å². The maximum Gasteiger partial charge on any atom is 0.170 e. The average molecular weight is 451 g/mol. The standard InChI is InChI=1S/C20H19BrN8/c1-12(10-27-14(3)17(21)13(2)25-27)18-24-20-16-9-23-29(15-7-5-4-6-8-15)19(16)22-11-28(20)26-18/h4-9,11-12H,10H2,1-3H3/t12-/m0/s1. The molecule has 4 heterocycles. The molecule has 146 valence electrons. The first-order chi connectivity index (χ1) is 14.0. The van der Waals surface area contributed by atoms with E-state index in [-0.39, 0.29) is 5.92 Å². The van der Waals surface area contributed by atoms with Crippen LogP contribution in [0.4, 0.5) is 0 Å². The number of nitrogens with zero attached hydrogens (tertiary/aromatic N) is 8. The summed E-state index contributed by atoms with van der Waals surface area (Å²) in [6.07, 6.45) is 3.49. The molecule has 0 saturated carbocycles. The topological polar surface area (TPSA) is 78.7 Å². The molecule has 0 radical (unpaired) electrons. The molecule has 1 aromatic carbocycles. The van der Waals surface area contributed by atoms with Crippen molar-refractivity contribution in [3.8, 4) is 5.69 Å². The maximum absolute atomic E-state index is 4.81. The molecule has 8 nitrogen and oxygen atoms in total. The highest BCUT2D eigenvalue weighted by molar-refractivity contribution is 9.10. The Hall–Kier alpha value is -3.07. The Morgan fingerprint density at radius 2 is 1.86 bits per heavy atom. The van der Waals surface area contributed by atoms with Gasteiger partial charge in [-0.3, -0.25) is 4.68 Å². The molecule has 0 fully saturated rings. The summed E-state index contributed by atoms with van der Waals surface area (Å²) < 4.78 is 6.59. The minimum absolute atomic E-state index is 0.0963. The van der Waals surface area contributed by atoms with Crippen LogP contribution in [0.15, 0.2) is 47.3 Å². The molecule has 5 aromatic rings. The van der Waals surface area contributed by atoms with Crippen LogP contribution in [0.5, 0.6) is 0 Å². The molecule has 4 aromatic heterocycles. The van der Waals surface area contributed by atoms with Gasteiger partial charge in [-0.2, -0.15) is 10.2 Å². The lowest BCUT2D eigenvalue weighted by atomic mass is 10.1. The smallest absolute Gasteiger partial charge is 0.170 e. The highest BCUT2D eigenvalue weighted by Crippen LogP contribution is 2.24. The lowest BCUT2D eigenvalue weighted by Crippen LogP contribution is -2.10. The molecule has 0 N–H and O–H groups in total. The first-order valence-electron chi connectivity index (χ1n) is 9.37. The highest BCUT2D eigenvalue weighted by atomic mass is 79.9. The van der Waals surface area contributed by atoms with E-state index in [9.17, 15) is 0 Å². The van der Waals surface area contributed by atoms with Gasteiger partial charge in [-0.15, -0.1) is 5.10 Å². The molecule has 0 bridgehead atoms. The fraction of sp³-hybridized carbons (Fsp3) is 0.250. The van der Waals surface area contributed by atoms with Gasteiger partial charge in [-0.1, -0.05) is 25.1 Å². The second-order valence-electron chi connectivity index (χ2n) is 7.18. The zero-order valence-corrected chi connectivity index (χ0v) is 17.9. The Morgan fingerprint density at radius 3 is 2.59 bits per heavy atom. The molecule has 0 saturated heterocycles. The molecular weight excluding hydrogens is 432 g/mol. The molecule has 0 amide bonds. The summed E-state index contributed by atoms with van der Waals surface area (Å²) in [6.45, 7) is 6.86. The van der Waals surface area contributed by atoms with Crippen LogP contribution in [0.2, 0.25) is 0 Å². The van der Waals surface area contributed by atoms with Crippen LogP contribution in [0.25, 0.3) is 22.4 Å². The molecule has 1 atom stereocenters. The molecule has 0 spiro atoms. The van der Waals surface area contributed by atoms with Crippen molar-refractivity contribution in [3.63, 3.8) is 0 Å². The molecule has 0 aliphatic rings. The monoisotopic (exact) mass is 450 g/mol. The number of aromatic nitrogens is 8. The van der Waals surface area contributed by atoms with Gasteiger partial charge < -0.3 is 0 Å². The largest absolute Gasteiger partial charge is 0.268 e. The van der Waals surface area contributed by atoms with Crippen LogP contribution in [0.3, 0.4) is 0 Å². The zero-order valence-electron chi connectivity index (χ0n) is 16.3. The third-order valence-electron chi connectivity index (χ3n) is 5.10. The van der Waals surface area contributed by atoms with Crippen LogP contribution in [0.1, 0.15) is 30.1 Å². The van der Waals surface area contributed by atoms with Crippen molar-refractivity contribution in [1.82, 2.24) is 39.1 Å². The SMILES string of the molecule is Cc1nn(C[C@H](C)c2nc3c4cnn(-c5ccccc5)c4ncn3n2)c(C)c1Br. The van der Waals surface area contributed by atoms with E-state index < -0.39 is 0 Å². The van der Waals surface area contributed by atoms with Crippen LogP contribution in [0, 0.1) is 13.8 Å². The number of aryl methyl sites for hydroxylation is 1. The molecule has 5 rings (SSSR count). The van der Waals surface area contributed by atoms with E-state index in [1.54, 1.807) is 17.0 Å². The van der Waals surface area contributed by atoms with E-state index in [1.165, 1.54) is 0 Å². The van der Waals surface area contributed by atoms with Crippen LogP contribution in [-0.4, -0.2) is 39.1 Å². The van der Waals surface area contributed by atoms with Gasteiger partial charge >= 0.3 is 0 Å². The van der Waals surface area contributed by atoms with E-state index in [1.807, 2.05) is 46.6 Å². The summed E-state index contributed by atoms with van der Waals surface area (Å²) in [6, 6.07) is 9.95. The fourth-order valence-corrected chi connectivity index (χ4v) is 3.78. The summed E-state index contributed by atoms with van der Waals surface area (Å²) in [4.78, 5) is 9.38. The van der Waals surface area contributed by atoms with Crippen molar-refractivity contribution in [2.24, 2.45) is 0 Å². The van der Waals surface area contributed by atoms with Gasteiger partial charge in [0, 0.05) is 11.6 Å². The summed E-state index contributed by atoms with van der Waals surface area (Å²) in [7, 11) is 0. The quantitative estimate of drug-likeness (QED) is 0.415. The minimum Gasteiger partial charge on any atom is -0.268 e. The second kappa shape index (κ2) is 6.77. The first-order valence-corrected chi connectivity index (χ1v) is 10.2. The average Bonchev–Trinajstić information content (AvgIpc) is 3.41. The van der Waals surface area contributed by atoms with Gasteiger partial charge in [0.2, 0.25) is 0 Å². The van der Waals surface area contributed by atoms with Crippen LogP contribution in [-0.2, 0) is 6.54 Å². The summed E-state index contributed by atoms with van der Waals surface area (Å²) >= 11 is 3.59. The van der Waals surface area contributed by atoms with Crippen molar-refractivity contribution < 1.29 is 0 Å². The lowest BCUT2D eigenvalue weighted by Gasteiger charge is -2.09. The molecule has 0 aliphatic heterocycles. The molecular formula is C20H19BrN8. The molecule has 0 unspecified atom stereocenters. The molecule has 29 heavy (non-hydrogen) atoms. The minimum atomic E-state index is 0.0963. The Kier molecular flexibility index (Phi) is 4.20. The Morgan fingerprint density at radius 1 is 1.07 bits per heavy atom. The van der Waals surface area contributed by atoms with Crippen molar-refractivity contribution in [1.29, 1.82) is 0 Å². The predicted octanol–water partition coefficient (Wildman–Crippen LogP) is 3.84. The number of benzene rings is 1. The lowest BCUT2D eigenvalue weighted by molar-refractivity contribution is 0.512. The maximum atomic E-state index is 4.81. The van der Waals surface area contributed by atoms with Crippen molar-refractivity contribution >= 4 is 32.6 Å². The van der Waals surface area contributed by atoms with E-state index >= 15 is 0 Å². The number of hydrogen-bond acceptors (Lipinski definition) is 5. The normalized spacial score (nSPS) is 12.8. The van der Waals surface area contributed by atoms with Gasteiger partial charge in [0.25, 0.3) is 0 Å². The van der Waals surface area contributed by atoms with Gasteiger partial charge in [0.1, 0.15) is 6.33 Å². The Balaban J connectivity index is 1.54. The fourth-order valence-electron chi connectivity index (χ4n) is 3.50. The van der Waals surface area contributed by atoms with Gasteiger partial charge in [0.05, 0.1) is 34.0 Å². The summed E-state index contributed by atoms with van der Waals surface area (Å²) in [5, 5.41) is 14.6. The molecule has 0 aliphatic carbocycles. The third-order valence-corrected chi connectivity index (χ3v) is 6.25. The predicted molar refractivity (Wildman–Crippen MR) is 113 cm³/mol. The first kappa shape index (κ1) is 18.0. The van der Waals surface area contributed by atoms with Crippen molar-refractivity contribution in [3.05, 3.63) is 64.5 Å². The van der Waals surface area contributed by atoms with Crippen LogP contribution >= 0.6 is 15.9 Å². The summed E-state index contributed by atoms with van der Waals surface area (Å²) in [5.41, 5.74) is 4.57. The second-order valence-corrected chi connectivity index (χ2v) is 7.97. The van der Waals surface area contributed by atoms with Crippen molar-refractivity contribution in [2.45, 2.75) is 33.2 Å². The third kappa shape index (κ3) is 2.93. The van der Waals surface area contributed by atoms with Gasteiger partial charge in [0.15, 0.2) is 17.1 Å². The highest BCUT2D eigenvalue weighted by Gasteiger charge is 2.19. The van der Waals surface area contributed by atoms with Crippen LogP contribution < -0.4 is 0 Å². The van der Waals surface area contributed by atoms with Gasteiger partial charge in [-0.25, -0.2) is 19.2 Å². The van der Waals surface area contributed by atoms with Gasteiger partial charge in [-0.05, 0) is 41.9 Å². The number of hydrogen-bond donors (Lipinski definition) is 0. The van der Waals surface area contributed by atoms with E-state index in [0.717, 1.165) is 44.1 Å². The molecule has 9 heteroatoms. The number of para-hydroxylation sites is 1. The Labute approximate surface area is 175 Å².